The van der Waals surface area contributed by atoms with Crippen LogP contribution in [0.25, 0.3) is 0 Å². The van der Waals surface area contributed by atoms with Crippen molar-refractivity contribution in [1.29, 1.82) is 0 Å². The average Bonchev–Trinajstić information content (AvgIpc) is 2.99. The van der Waals surface area contributed by atoms with Gasteiger partial charge in [-0.3, -0.25) is 9.48 Å². The van der Waals surface area contributed by atoms with Crippen LogP contribution in [0.15, 0.2) is 12.4 Å². The number of aromatic nitrogens is 2. The van der Waals surface area contributed by atoms with E-state index in [0.717, 1.165) is 37.9 Å². The molecule has 2 N–H and O–H groups in total. The third kappa shape index (κ3) is 3.70. The quantitative estimate of drug-likeness (QED) is 0.857. The smallest absolute Gasteiger partial charge is 0.240 e. The van der Waals surface area contributed by atoms with E-state index in [0.29, 0.717) is 6.54 Å². The zero-order valence-electron chi connectivity index (χ0n) is 11.6. The van der Waals surface area contributed by atoms with Gasteiger partial charge in [-0.2, -0.15) is 5.10 Å². The molecule has 1 amide bonds. The van der Waals surface area contributed by atoms with E-state index < -0.39 is 0 Å². The molecule has 108 valence electrons. The molecular formula is C13H23ClN4O. The van der Waals surface area contributed by atoms with Crippen LogP contribution in [0.3, 0.4) is 0 Å². The number of rotatable bonds is 5. The molecule has 0 bridgehead atoms. The molecule has 2 heterocycles. The molecular weight excluding hydrogens is 264 g/mol. The Kier molecular flexibility index (Phi) is 5.82. The summed E-state index contributed by atoms with van der Waals surface area (Å²) in [6.45, 7) is 6.37. The molecule has 1 saturated heterocycles. The van der Waals surface area contributed by atoms with E-state index in [1.165, 1.54) is 0 Å². The molecule has 1 aliphatic rings. The van der Waals surface area contributed by atoms with Gasteiger partial charge < -0.3 is 10.6 Å². The van der Waals surface area contributed by atoms with Crippen LogP contribution >= 0.6 is 12.4 Å². The van der Waals surface area contributed by atoms with Crippen LogP contribution in [0.2, 0.25) is 0 Å². The highest BCUT2D eigenvalue weighted by Gasteiger charge is 2.38. The third-order valence-electron chi connectivity index (χ3n) is 3.67. The van der Waals surface area contributed by atoms with Gasteiger partial charge in [0.25, 0.3) is 0 Å². The van der Waals surface area contributed by atoms with Crippen LogP contribution in [-0.4, -0.2) is 34.3 Å². The second-order valence-corrected chi connectivity index (χ2v) is 5.00. The molecule has 0 spiro atoms. The van der Waals surface area contributed by atoms with Crippen LogP contribution in [0, 0.1) is 6.92 Å². The summed E-state index contributed by atoms with van der Waals surface area (Å²) in [5, 5.41) is 10.5. The lowest BCUT2D eigenvalue weighted by Crippen LogP contribution is -2.53. The van der Waals surface area contributed by atoms with Gasteiger partial charge in [0, 0.05) is 12.7 Å². The summed E-state index contributed by atoms with van der Waals surface area (Å²) in [5.41, 5.74) is 0.809. The Morgan fingerprint density at radius 2 is 2.42 bits per heavy atom. The highest BCUT2D eigenvalue weighted by molar-refractivity contribution is 5.86. The topological polar surface area (TPSA) is 59.0 Å². The lowest BCUT2D eigenvalue weighted by atomic mass is 9.93. The van der Waals surface area contributed by atoms with Crippen LogP contribution in [0.5, 0.6) is 0 Å². The first-order chi connectivity index (χ1) is 8.66. The highest BCUT2D eigenvalue weighted by atomic mass is 35.5. The normalized spacial score (nSPS) is 22.0. The molecule has 0 aliphatic carbocycles. The van der Waals surface area contributed by atoms with Gasteiger partial charge in [0.2, 0.25) is 5.91 Å². The predicted octanol–water partition coefficient (Wildman–Crippen LogP) is 1.26. The molecule has 0 radical (unpaired) electrons. The number of nitrogens with zero attached hydrogens (tertiary/aromatic N) is 2. The zero-order chi connectivity index (χ0) is 13.0. The summed E-state index contributed by atoms with van der Waals surface area (Å²) in [4.78, 5) is 12.2. The van der Waals surface area contributed by atoms with E-state index in [1.807, 2.05) is 24.0 Å². The Labute approximate surface area is 120 Å². The first kappa shape index (κ1) is 16.0. The number of hydrogen-bond acceptors (Lipinski definition) is 3. The van der Waals surface area contributed by atoms with Crippen molar-refractivity contribution >= 4 is 18.3 Å². The van der Waals surface area contributed by atoms with Gasteiger partial charge in [0.05, 0.1) is 18.3 Å². The van der Waals surface area contributed by atoms with E-state index >= 15 is 0 Å². The maximum atomic E-state index is 12.2. The van der Waals surface area contributed by atoms with Crippen molar-refractivity contribution < 1.29 is 4.79 Å². The van der Waals surface area contributed by atoms with Gasteiger partial charge in [-0.1, -0.05) is 6.92 Å². The third-order valence-corrected chi connectivity index (χ3v) is 3.67. The van der Waals surface area contributed by atoms with Crippen molar-refractivity contribution in [3.05, 3.63) is 18.0 Å². The van der Waals surface area contributed by atoms with Gasteiger partial charge in [0.15, 0.2) is 0 Å². The van der Waals surface area contributed by atoms with Crippen molar-refractivity contribution in [1.82, 2.24) is 20.4 Å². The zero-order valence-corrected chi connectivity index (χ0v) is 12.4. The molecule has 1 aromatic heterocycles. The van der Waals surface area contributed by atoms with Crippen LogP contribution in [0.4, 0.5) is 0 Å². The highest BCUT2D eigenvalue weighted by Crippen LogP contribution is 2.22. The molecule has 1 atom stereocenters. The Morgan fingerprint density at radius 1 is 1.63 bits per heavy atom. The minimum atomic E-state index is -0.333. The summed E-state index contributed by atoms with van der Waals surface area (Å²) in [5.74, 6) is 0.131. The molecule has 6 heteroatoms. The molecule has 1 fully saturated rings. The Morgan fingerprint density at radius 3 is 2.95 bits per heavy atom. The number of halogens is 1. The van der Waals surface area contributed by atoms with Crippen molar-refractivity contribution in [2.24, 2.45) is 0 Å². The number of hydrogen-bond donors (Lipinski definition) is 2. The second-order valence-electron chi connectivity index (χ2n) is 5.00. The summed E-state index contributed by atoms with van der Waals surface area (Å²) in [6, 6.07) is 0. The molecule has 19 heavy (non-hydrogen) atoms. The van der Waals surface area contributed by atoms with E-state index in [1.54, 1.807) is 0 Å². The number of nitrogens with one attached hydrogen (secondary N) is 2. The molecule has 1 unspecified atom stereocenters. The average molecular weight is 287 g/mol. The standard InChI is InChI=1S/C13H22N4O.ClH/c1-3-13(5-4-6-15-13)12(18)14-7-8-17-10-11(2)9-16-17;/h9-10,15H,3-8H2,1-2H3,(H,14,18);1H. The maximum Gasteiger partial charge on any atom is 0.240 e. The molecule has 2 rings (SSSR count). The minimum Gasteiger partial charge on any atom is -0.353 e. The van der Waals surface area contributed by atoms with Gasteiger partial charge >= 0.3 is 0 Å². The van der Waals surface area contributed by atoms with Crippen molar-refractivity contribution in [2.75, 3.05) is 13.1 Å². The van der Waals surface area contributed by atoms with Crippen molar-refractivity contribution in [3.8, 4) is 0 Å². The van der Waals surface area contributed by atoms with Crippen molar-refractivity contribution in [3.63, 3.8) is 0 Å². The minimum absolute atomic E-state index is 0. The summed E-state index contributed by atoms with van der Waals surface area (Å²) in [6.07, 6.45) is 6.68. The summed E-state index contributed by atoms with van der Waals surface area (Å²) < 4.78 is 1.86. The van der Waals surface area contributed by atoms with Crippen LogP contribution < -0.4 is 10.6 Å². The number of carbonyl (C=O) groups is 1. The first-order valence-electron chi connectivity index (χ1n) is 6.69. The SMILES string of the molecule is CCC1(C(=O)NCCn2cc(C)cn2)CCCN1.Cl. The Hall–Kier alpha value is -1.07. The van der Waals surface area contributed by atoms with E-state index in [2.05, 4.69) is 22.7 Å². The Bertz CT molecular complexity index is 413. The lowest BCUT2D eigenvalue weighted by Gasteiger charge is -2.26. The van der Waals surface area contributed by atoms with Crippen molar-refractivity contribution in [2.45, 2.75) is 45.2 Å². The number of carbonyl (C=O) groups excluding carboxylic acids is 1. The lowest BCUT2D eigenvalue weighted by molar-refractivity contribution is -0.127. The molecule has 1 aliphatic heterocycles. The monoisotopic (exact) mass is 286 g/mol. The summed E-state index contributed by atoms with van der Waals surface area (Å²) >= 11 is 0. The fourth-order valence-electron chi connectivity index (χ4n) is 2.50. The van der Waals surface area contributed by atoms with Crippen LogP contribution in [-0.2, 0) is 11.3 Å². The molecule has 0 saturated carbocycles. The second kappa shape index (κ2) is 6.91. The molecule has 0 aromatic carbocycles. The van der Waals surface area contributed by atoms with Gasteiger partial charge in [-0.25, -0.2) is 0 Å². The van der Waals surface area contributed by atoms with E-state index in [9.17, 15) is 4.79 Å². The molecule has 1 aromatic rings. The van der Waals surface area contributed by atoms with Gasteiger partial charge in [-0.05, 0) is 38.3 Å². The van der Waals surface area contributed by atoms with E-state index in [-0.39, 0.29) is 23.9 Å². The van der Waals surface area contributed by atoms with E-state index in [4.69, 9.17) is 0 Å². The van der Waals surface area contributed by atoms with Gasteiger partial charge in [-0.15, -0.1) is 12.4 Å². The van der Waals surface area contributed by atoms with Crippen LogP contribution in [0.1, 0.15) is 31.7 Å². The first-order valence-corrected chi connectivity index (χ1v) is 6.69. The maximum absolute atomic E-state index is 12.2. The Balaban J connectivity index is 0.00000180. The predicted molar refractivity (Wildman–Crippen MR) is 77.5 cm³/mol. The largest absolute Gasteiger partial charge is 0.353 e. The summed E-state index contributed by atoms with van der Waals surface area (Å²) in [7, 11) is 0. The number of amides is 1. The van der Waals surface area contributed by atoms with Gasteiger partial charge in [0.1, 0.15) is 0 Å². The molecule has 5 nitrogen and oxygen atoms in total. The number of aryl methyl sites for hydroxylation is 1. The fourth-order valence-corrected chi connectivity index (χ4v) is 2.50. The fraction of sp³-hybridized carbons (Fsp3) is 0.692.